The van der Waals surface area contributed by atoms with E-state index in [0.717, 1.165) is 25.5 Å². The van der Waals surface area contributed by atoms with Crippen LogP contribution < -0.4 is 5.32 Å². The van der Waals surface area contributed by atoms with Gasteiger partial charge in [-0.25, -0.2) is 0 Å². The van der Waals surface area contributed by atoms with Crippen LogP contribution in [0, 0.1) is 5.92 Å². The quantitative estimate of drug-likeness (QED) is 0.766. The summed E-state index contributed by atoms with van der Waals surface area (Å²) in [5.74, 6) is 0.773. The summed E-state index contributed by atoms with van der Waals surface area (Å²) in [6.07, 6.45) is 11.8. The first-order valence-corrected chi connectivity index (χ1v) is 7.86. The highest BCUT2D eigenvalue weighted by Gasteiger charge is 2.24. The van der Waals surface area contributed by atoms with Gasteiger partial charge in [-0.2, -0.15) is 0 Å². The van der Waals surface area contributed by atoms with Gasteiger partial charge < -0.3 is 15.2 Å². The third kappa shape index (κ3) is 4.52. The maximum atomic E-state index is 9.23. The zero-order valence-corrected chi connectivity index (χ0v) is 11.6. The highest BCUT2D eigenvalue weighted by molar-refractivity contribution is 4.80. The third-order valence-electron chi connectivity index (χ3n) is 4.54. The molecule has 3 nitrogen and oxygen atoms in total. The molecule has 1 saturated carbocycles. The second-order valence-corrected chi connectivity index (χ2v) is 5.91. The summed E-state index contributed by atoms with van der Waals surface area (Å²) < 4.78 is 5.77. The molecule has 0 spiro atoms. The van der Waals surface area contributed by atoms with Crippen molar-refractivity contribution in [2.24, 2.45) is 5.92 Å². The molecule has 2 aliphatic rings. The van der Waals surface area contributed by atoms with Crippen molar-refractivity contribution in [3.63, 3.8) is 0 Å². The Morgan fingerprint density at radius 1 is 1.06 bits per heavy atom. The summed E-state index contributed by atoms with van der Waals surface area (Å²) in [5.41, 5.74) is 0. The van der Waals surface area contributed by atoms with Gasteiger partial charge in [0.2, 0.25) is 0 Å². The highest BCUT2D eigenvalue weighted by atomic mass is 16.5. The number of nitrogens with one attached hydrogen (secondary N) is 1. The summed E-state index contributed by atoms with van der Waals surface area (Å²) in [7, 11) is 0. The normalized spacial score (nSPS) is 28.2. The van der Waals surface area contributed by atoms with Crippen LogP contribution in [0.5, 0.6) is 0 Å². The molecule has 2 rings (SSSR count). The van der Waals surface area contributed by atoms with E-state index in [1.54, 1.807) is 0 Å². The van der Waals surface area contributed by atoms with Crippen molar-refractivity contribution >= 4 is 0 Å². The van der Waals surface area contributed by atoms with Crippen molar-refractivity contribution in [3.05, 3.63) is 0 Å². The van der Waals surface area contributed by atoms with Gasteiger partial charge in [-0.1, -0.05) is 19.3 Å². The summed E-state index contributed by atoms with van der Waals surface area (Å²) in [6.45, 7) is 2.21. The molecule has 1 heterocycles. The van der Waals surface area contributed by atoms with Gasteiger partial charge in [-0.3, -0.25) is 0 Å². The summed E-state index contributed by atoms with van der Waals surface area (Å²) in [4.78, 5) is 0. The van der Waals surface area contributed by atoms with E-state index in [2.05, 4.69) is 5.32 Å². The molecule has 0 amide bonds. The van der Waals surface area contributed by atoms with E-state index < -0.39 is 0 Å². The highest BCUT2D eigenvalue weighted by Crippen LogP contribution is 2.27. The molecular weight excluding hydrogens is 226 g/mol. The largest absolute Gasteiger partial charge is 0.396 e. The fourth-order valence-electron chi connectivity index (χ4n) is 3.43. The second-order valence-electron chi connectivity index (χ2n) is 5.91. The van der Waals surface area contributed by atoms with Crippen molar-refractivity contribution in [3.8, 4) is 0 Å². The van der Waals surface area contributed by atoms with Crippen LogP contribution in [0.1, 0.15) is 57.8 Å². The number of aliphatic hydroxyl groups is 1. The summed E-state index contributed by atoms with van der Waals surface area (Å²) >= 11 is 0. The molecule has 3 heteroatoms. The van der Waals surface area contributed by atoms with Crippen LogP contribution in [0.2, 0.25) is 0 Å². The maximum absolute atomic E-state index is 9.23. The van der Waals surface area contributed by atoms with Gasteiger partial charge in [0.25, 0.3) is 0 Å². The lowest BCUT2D eigenvalue weighted by Crippen LogP contribution is -2.43. The molecule has 18 heavy (non-hydrogen) atoms. The molecular formula is C15H29NO2. The Morgan fingerprint density at radius 3 is 2.50 bits per heavy atom. The van der Waals surface area contributed by atoms with E-state index in [0.29, 0.717) is 18.8 Å². The third-order valence-corrected chi connectivity index (χ3v) is 4.54. The lowest BCUT2D eigenvalue weighted by atomic mass is 9.82. The van der Waals surface area contributed by atoms with E-state index in [1.807, 2.05) is 0 Å². The van der Waals surface area contributed by atoms with E-state index in [4.69, 9.17) is 4.74 Å². The van der Waals surface area contributed by atoms with E-state index in [1.165, 1.54) is 51.4 Å². The molecule has 2 atom stereocenters. The van der Waals surface area contributed by atoms with Crippen molar-refractivity contribution in [1.29, 1.82) is 0 Å². The van der Waals surface area contributed by atoms with Crippen LogP contribution in [0.3, 0.4) is 0 Å². The zero-order chi connectivity index (χ0) is 12.6. The average molecular weight is 255 g/mol. The van der Waals surface area contributed by atoms with Crippen LogP contribution in [0.15, 0.2) is 0 Å². The van der Waals surface area contributed by atoms with Gasteiger partial charge in [0, 0.05) is 25.8 Å². The Hall–Kier alpha value is -0.120. The minimum Gasteiger partial charge on any atom is -0.396 e. The number of rotatable bonds is 6. The molecule has 0 unspecified atom stereocenters. The molecule has 0 radical (unpaired) electrons. The molecule has 0 aromatic rings. The molecule has 106 valence electrons. The Morgan fingerprint density at radius 2 is 1.83 bits per heavy atom. The first-order chi connectivity index (χ1) is 8.90. The number of hydrogen-bond donors (Lipinski definition) is 2. The number of ether oxygens (including phenoxy) is 1. The average Bonchev–Trinajstić information content (AvgIpc) is 2.45. The molecule has 1 aliphatic carbocycles. The lowest BCUT2D eigenvalue weighted by molar-refractivity contribution is 0.0130. The van der Waals surface area contributed by atoms with Gasteiger partial charge in [-0.05, 0) is 44.4 Å². The standard InChI is InChI=1S/C15H29NO2/c17-10-9-15(13-6-2-1-3-7-13)16-12-14-8-4-5-11-18-14/h13-17H,1-12H2/t14-,15-/m1/s1. The van der Waals surface area contributed by atoms with Gasteiger partial charge in [0.1, 0.15) is 0 Å². The smallest absolute Gasteiger partial charge is 0.0699 e. The molecule has 2 fully saturated rings. The monoisotopic (exact) mass is 255 g/mol. The maximum Gasteiger partial charge on any atom is 0.0699 e. The fourth-order valence-corrected chi connectivity index (χ4v) is 3.43. The van der Waals surface area contributed by atoms with E-state index in [9.17, 15) is 5.11 Å². The van der Waals surface area contributed by atoms with Crippen LogP contribution in [-0.4, -0.2) is 37.0 Å². The Kier molecular flexibility index (Phi) is 6.46. The van der Waals surface area contributed by atoms with Gasteiger partial charge in [0.05, 0.1) is 6.10 Å². The van der Waals surface area contributed by atoms with Crippen molar-refractivity contribution < 1.29 is 9.84 Å². The minimum absolute atomic E-state index is 0.305. The van der Waals surface area contributed by atoms with Gasteiger partial charge >= 0.3 is 0 Å². The molecule has 0 bridgehead atoms. The van der Waals surface area contributed by atoms with Crippen molar-refractivity contribution in [2.45, 2.75) is 69.9 Å². The van der Waals surface area contributed by atoms with Crippen LogP contribution in [0.4, 0.5) is 0 Å². The predicted molar refractivity (Wildman–Crippen MR) is 73.7 cm³/mol. The van der Waals surface area contributed by atoms with Crippen LogP contribution in [0.25, 0.3) is 0 Å². The van der Waals surface area contributed by atoms with Crippen molar-refractivity contribution in [1.82, 2.24) is 5.32 Å². The molecule has 0 aromatic carbocycles. The van der Waals surface area contributed by atoms with Gasteiger partial charge in [0.15, 0.2) is 0 Å². The first-order valence-electron chi connectivity index (χ1n) is 7.86. The topological polar surface area (TPSA) is 41.5 Å². The molecule has 1 aliphatic heterocycles. The van der Waals surface area contributed by atoms with E-state index in [-0.39, 0.29) is 0 Å². The number of aliphatic hydroxyl groups excluding tert-OH is 1. The summed E-state index contributed by atoms with van der Waals surface area (Å²) in [5, 5.41) is 12.9. The molecule has 0 aromatic heterocycles. The van der Waals surface area contributed by atoms with Crippen LogP contribution in [-0.2, 0) is 4.74 Å². The Bertz CT molecular complexity index is 211. The SMILES string of the molecule is OCC[C@@H](NC[C@H]1CCCCO1)C1CCCCC1. The zero-order valence-electron chi connectivity index (χ0n) is 11.6. The number of hydrogen-bond acceptors (Lipinski definition) is 3. The first kappa shape index (κ1) is 14.3. The Labute approximate surface area is 111 Å². The fraction of sp³-hybridized carbons (Fsp3) is 1.00. The predicted octanol–water partition coefficient (Wildman–Crippen LogP) is 2.48. The molecule has 2 N–H and O–H groups in total. The summed E-state index contributed by atoms with van der Waals surface area (Å²) in [6, 6.07) is 0.501. The van der Waals surface area contributed by atoms with Crippen LogP contribution >= 0.6 is 0 Å². The lowest BCUT2D eigenvalue weighted by Gasteiger charge is -2.32. The van der Waals surface area contributed by atoms with Gasteiger partial charge in [-0.15, -0.1) is 0 Å². The Balaban J connectivity index is 1.73. The van der Waals surface area contributed by atoms with E-state index >= 15 is 0 Å². The minimum atomic E-state index is 0.305. The molecule has 1 saturated heterocycles. The second kappa shape index (κ2) is 8.13. The van der Waals surface area contributed by atoms with Crippen molar-refractivity contribution in [2.75, 3.05) is 19.8 Å².